The van der Waals surface area contributed by atoms with E-state index >= 15 is 0 Å². The number of aliphatic hydroxyl groups is 1. The third-order valence-corrected chi connectivity index (χ3v) is 7.68. The fourth-order valence-corrected chi connectivity index (χ4v) is 4.94. The van der Waals surface area contributed by atoms with Crippen molar-refractivity contribution in [2.24, 2.45) is 5.41 Å². The van der Waals surface area contributed by atoms with Gasteiger partial charge < -0.3 is 25.2 Å². The number of hydrogen-bond acceptors (Lipinski definition) is 5. The van der Waals surface area contributed by atoms with Gasteiger partial charge in [0.15, 0.2) is 0 Å². The number of carbonyl (C=O) groups is 3. The van der Waals surface area contributed by atoms with Gasteiger partial charge in [-0.2, -0.15) is 0 Å². The van der Waals surface area contributed by atoms with Gasteiger partial charge in [-0.05, 0) is 49.9 Å². The minimum Gasteiger partial charge on any atom is -0.480 e. The summed E-state index contributed by atoms with van der Waals surface area (Å²) < 4.78 is 5.64. The van der Waals surface area contributed by atoms with Crippen LogP contribution in [0.15, 0.2) is 48.5 Å². The highest BCUT2D eigenvalue weighted by molar-refractivity contribution is 5.89. The van der Waals surface area contributed by atoms with Gasteiger partial charge in [-0.25, -0.2) is 9.59 Å². The number of carboxylic acid groups (broad SMARTS) is 1. The smallest absolute Gasteiger partial charge is 0.407 e. The normalized spacial score (nSPS) is 19.7. The van der Waals surface area contributed by atoms with Crippen LogP contribution in [-0.2, 0) is 14.3 Å². The van der Waals surface area contributed by atoms with E-state index in [0.29, 0.717) is 0 Å². The Balaban J connectivity index is 1.45. The van der Waals surface area contributed by atoms with Crippen molar-refractivity contribution >= 4 is 18.0 Å². The molecule has 8 nitrogen and oxygen atoms in total. The molecule has 2 unspecified atom stereocenters. The van der Waals surface area contributed by atoms with Crippen LogP contribution in [0.2, 0.25) is 0 Å². The van der Waals surface area contributed by atoms with E-state index in [-0.39, 0.29) is 25.5 Å². The number of hydrogen-bond donors (Lipinski definition) is 3. The van der Waals surface area contributed by atoms with Crippen molar-refractivity contribution in [3.63, 3.8) is 0 Å². The van der Waals surface area contributed by atoms with Crippen molar-refractivity contribution in [1.82, 2.24) is 10.2 Å². The van der Waals surface area contributed by atoms with Gasteiger partial charge in [-0.1, -0.05) is 48.5 Å². The zero-order valence-corrected chi connectivity index (χ0v) is 20.4. The van der Waals surface area contributed by atoms with Crippen LogP contribution < -0.4 is 5.32 Å². The first kappa shape index (κ1) is 24.7. The summed E-state index contributed by atoms with van der Waals surface area (Å²) in [5.41, 5.74) is 2.22. The minimum absolute atomic E-state index is 0.0165. The van der Waals surface area contributed by atoms with E-state index in [0.717, 1.165) is 22.3 Å². The average Bonchev–Trinajstić information content (AvgIpc) is 3.35. The lowest BCUT2D eigenvalue weighted by atomic mass is 9.73. The summed E-state index contributed by atoms with van der Waals surface area (Å²) in [6.45, 7) is 6.80. The number of nitrogens with one attached hydrogen (secondary N) is 1. The Hall–Kier alpha value is -3.39. The van der Waals surface area contributed by atoms with Crippen LogP contribution >= 0.6 is 0 Å². The number of nitrogens with zero attached hydrogens (tertiary/aromatic N) is 1. The number of aliphatic carboxylic acids is 1. The molecule has 35 heavy (non-hydrogen) atoms. The minimum atomic E-state index is -1.17. The molecule has 0 bridgehead atoms. The maximum atomic E-state index is 13.4. The zero-order chi connectivity index (χ0) is 25.5. The molecule has 2 aromatic rings. The van der Waals surface area contributed by atoms with Crippen molar-refractivity contribution in [2.75, 3.05) is 13.2 Å². The molecular formula is C27H32N2O6. The van der Waals surface area contributed by atoms with Gasteiger partial charge in [0.1, 0.15) is 12.6 Å². The van der Waals surface area contributed by atoms with Gasteiger partial charge in [0.05, 0.1) is 17.1 Å². The molecule has 1 aliphatic carbocycles. The first-order valence-electron chi connectivity index (χ1n) is 11.8. The van der Waals surface area contributed by atoms with Crippen LogP contribution in [0.4, 0.5) is 4.79 Å². The molecule has 1 saturated heterocycles. The molecule has 2 aliphatic rings. The Morgan fingerprint density at radius 3 is 2.09 bits per heavy atom. The van der Waals surface area contributed by atoms with E-state index in [1.54, 1.807) is 27.7 Å². The summed E-state index contributed by atoms with van der Waals surface area (Å²) in [4.78, 5) is 39.0. The number of fused-ring (bicyclic) bond motifs is 3. The molecule has 1 heterocycles. The van der Waals surface area contributed by atoms with E-state index in [9.17, 15) is 24.6 Å². The predicted octanol–water partition coefficient (Wildman–Crippen LogP) is 3.38. The lowest BCUT2D eigenvalue weighted by molar-refractivity contribution is -0.154. The third kappa shape index (κ3) is 4.38. The van der Waals surface area contributed by atoms with E-state index < -0.39 is 41.1 Å². The molecule has 0 saturated carbocycles. The number of rotatable bonds is 6. The number of carboxylic acids is 1. The van der Waals surface area contributed by atoms with Gasteiger partial charge in [0, 0.05) is 18.9 Å². The quantitative estimate of drug-likeness (QED) is 0.584. The standard InChI is InChI=1S/C27H32N2O6/c1-26(2,24(33)29-14-16(30)13-22(29)23(31)32)27(3,4)28-25(34)35-15-21-19-11-7-5-9-17(19)18-10-6-8-12-20(18)21/h5-12,16,21-22,30H,13-15H2,1-4H3,(H,28,34)(H,31,32). The highest BCUT2D eigenvalue weighted by Gasteiger charge is 2.51. The SMILES string of the molecule is CC(C)(NC(=O)OCC1c2ccccc2-c2ccccc21)C(C)(C)C(=O)N1CC(O)CC1C(=O)O. The second-order valence-electron chi connectivity index (χ2n) is 10.4. The van der Waals surface area contributed by atoms with Gasteiger partial charge in [-0.3, -0.25) is 4.79 Å². The summed E-state index contributed by atoms with van der Waals surface area (Å²) in [6.07, 6.45) is -1.57. The number of benzene rings is 2. The Morgan fingerprint density at radius 2 is 1.54 bits per heavy atom. The number of carbonyl (C=O) groups excluding carboxylic acids is 2. The summed E-state index contributed by atoms with van der Waals surface area (Å²) in [5.74, 6) is -1.70. The summed E-state index contributed by atoms with van der Waals surface area (Å²) >= 11 is 0. The lowest BCUT2D eigenvalue weighted by Crippen LogP contribution is -2.61. The van der Waals surface area contributed by atoms with Crippen LogP contribution in [0.25, 0.3) is 11.1 Å². The molecule has 1 aliphatic heterocycles. The number of likely N-dealkylation sites (tertiary alicyclic amines) is 1. The monoisotopic (exact) mass is 480 g/mol. The maximum absolute atomic E-state index is 13.4. The molecule has 2 amide bonds. The molecule has 4 rings (SSSR count). The Kier molecular flexibility index (Phi) is 6.36. The van der Waals surface area contributed by atoms with Crippen molar-refractivity contribution in [1.29, 1.82) is 0 Å². The fraction of sp³-hybridized carbons (Fsp3) is 0.444. The van der Waals surface area contributed by atoms with Gasteiger partial charge in [0.2, 0.25) is 5.91 Å². The van der Waals surface area contributed by atoms with E-state index in [1.165, 1.54) is 4.90 Å². The number of aliphatic hydroxyl groups excluding tert-OH is 1. The molecule has 8 heteroatoms. The predicted molar refractivity (Wildman–Crippen MR) is 130 cm³/mol. The summed E-state index contributed by atoms with van der Waals surface area (Å²) in [7, 11) is 0. The first-order valence-corrected chi connectivity index (χ1v) is 11.8. The van der Waals surface area contributed by atoms with Gasteiger partial charge >= 0.3 is 12.1 Å². The topological polar surface area (TPSA) is 116 Å². The summed E-state index contributed by atoms with van der Waals surface area (Å²) in [6, 6.07) is 15.0. The van der Waals surface area contributed by atoms with Crippen LogP contribution in [-0.4, -0.2) is 63.9 Å². The molecule has 186 valence electrons. The van der Waals surface area contributed by atoms with Crippen LogP contribution in [0, 0.1) is 5.41 Å². The maximum Gasteiger partial charge on any atom is 0.407 e. The van der Waals surface area contributed by atoms with Crippen molar-refractivity contribution in [2.45, 2.75) is 57.7 Å². The van der Waals surface area contributed by atoms with E-state index in [4.69, 9.17) is 4.74 Å². The fourth-order valence-electron chi connectivity index (χ4n) is 4.94. The van der Waals surface area contributed by atoms with Crippen molar-refractivity contribution in [3.8, 4) is 11.1 Å². The molecule has 2 aromatic carbocycles. The Labute approximate surface area is 204 Å². The van der Waals surface area contributed by atoms with Crippen molar-refractivity contribution < 1.29 is 29.3 Å². The number of ether oxygens (including phenoxy) is 1. The number of β-amino-alcohol motifs (C(OH)–C–C–N with tert-alkyl or cyclic N) is 1. The average molecular weight is 481 g/mol. The molecule has 3 N–H and O–H groups in total. The molecule has 1 fully saturated rings. The second kappa shape index (κ2) is 9.00. The Morgan fingerprint density at radius 1 is 1.00 bits per heavy atom. The van der Waals surface area contributed by atoms with E-state index in [2.05, 4.69) is 17.4 Å². The molecular weight excluding hydrogens is 448 g/mol. The van der Waals surface area contributed by atoms with Gasteiger partial charge in [-0.15, -0.1) is 0 Å². The van der Waals surface area contributed by atoms with Crippen LogP contribution in [0.5, 0.6) is 0 Å². The largest absolute Gasteiger partial charge is 0.480 e. The molecule has 0 spiro atoms. The second-order valence-corrected chi connectivity index (χ2v) is 10.4. The van der Waals surface area contributed by atoms with Crippen LogP contribution in [0.1, 0.15) is 51.2 Å². The number of alkyl carbamates (subject to hydrolysis) is 1. The summed E-state index contributed by atoms with van der Waals surface area (Å²) in [5, 5.41) is 22.2. The van der Waals surface area contributed by atoms with Crippen molar-refractivity contribution in [3.05, 3.63) is 59.7 Å². The molecule has 2 atom stereocenters. The highest BCUT2D eigenvalue weighted by Crippen LogP contribution is 2.44. The third-order valence-electron chi connectivity index (χ3n) is 7.68. The highest BCUT2D eigenvalue weighted by atomic mass is 16.5. The lowest BCUT2D eigenvalue weighted by Gasteiger charge is -2.43. The van der Waals surface area contributed by atoms with Crippen LogP contribution in [0.3, 0.4) is 0 Å². The van der Waals surface area contributed by atoms with Gasteiger partial charge in [0.25, 0.3) is 0 Å². The number of amides is 2. The first-order chi connectivity index (χ1) is 16.4. The Bertz CT molecular complexity index is 1110. The molecule has 0 aromatic heterocycles. The van der Waals surface area contributed by atoms with E-state index in [1.807, 2.05) is 36.4 Å². The zero-order valence-electron chi connectivity index (χ0n) is 20.4. The molecule has 0 radical (unpaired) electrons.